The Morgan fingerprint density at radius 1 is 1.32 bits per heavy atom. The largest absolute Gasteiger partial charge is 0.407 e. The highest BCUT2D eigenvalue weighted by atomic mass is 32.2. The Balaban J connectivity index is 2.55. The molecule has 2 aromatic rings. The number of rotatable bonds is 6. The monoisotopic (exact) mass is 461 g/mol. The lowest BCUT2D eigenvalue weighted by atomic mass is 10.0. The van der Waals surface area contributed by atoms with Crippen molar-refractivity contribution in [3.05, 3.63) is 64.7 Å². The van der Waals surface area contributed by atoms with E-state index in [0.29, 0.717) is 0 Å². The molecule has 0 saturated carbocycles. The van der Waals surface area contributed by atoms with Gasteiger partial charge in [0, 0.05) is 7.06 Å². The van der Waals surface area contributed by atoms with Crippen LogP contribution >= 0.6 is 0 Å². The first-order chi connectivity index (χ1) is 15.5. The van der Waals surface area contributed by atoms with E-state index < -0.39 is 80.6 Å². The van der Waals surface area contributed by atoms with Crippen LogP contribution in [0.4, 0.5) is 28.9 Å². The molecule has 1 unspecified atom stereocenters. The van der Waals surface area contributed by atoms with Crippen LogP contribution in [0, 0.1) is 19.3 Å². The zero-order chi connectivity index (χ0) is 26.2. The molecule has 0 heterocycles. The summed E-state index contributed by atoms with van der Waals surface area (Å²) in [6.45, 7) is 9.37. The Labute approximate surface area is 180 Å². The van der Waals surface area contributed by atoms with Crippen LogP contribution in [0.3, 0.4) is 0 Å². The number of benzene rings is 2. The van der Waals surface area contributed by atoms with Crippen LogP contribution in [-0.4, -0.2) is 30.8 Å². The second-order valence-electron chi connectivity index (χ2n) is 6.59. The molecule has 0 radical (unpaired) electrons. The van der Waals surface area contributed by atoms with Gasteiger partial charge in [0.1, 0.15) is 5.82 Å². The second kappa shape index (κ2) is 8.64. The third kappa shape index (κ3) is 5.39. The zero-order valence-corrected chi connectivity index (χ0v) is 17.0. The van der Waals surface area contributed by atoms with Gasteiger partial charge in [-0.05, 0) is 49.2 Å². The maximum absolute atomic E-state index is 13.4. The van der Waals surface area contributed by atoms with E-state index in [4.69, 9.17) is 10.7 Å². The molecule has 1 atom stereocenters. The Kier molecular flexibility index (Phi) is 5.57. The van der Waals surface area contributed by atoms with Crippen LogP contribution in [0.1, 0.15) is 28.6 Å². The van der Waals surface area contributed by atoms with Crippen LogP contribution < -0.4 is 5.32 Å². The SMILES string of the molecule is [2H]c1c([2H])c(NC(=O)C(O)(CC)CS(=O)(=O)c2ccc(F)cc2C)c([2H])c(C(F)(F)F)c1[N+]#[C-]. The summed E-state index contributed by atoms with van der Waals surface area (Å²) in [6, 6.07) is -1.07. The second-order valence-corrected chi connectivity index (χ2v) is 8.55. The number of amides is 1. The Morgan fingerprint density at radius 2 is 1.97 bits per heavy atom. The first kappa shape index (κ1) is 20.0. The number of sulfone groups is 1. The van der Waals surface area contributed by atoms with Crippen molar-refractivity contribution in [3.63, 3.8) is 0 Å². The standard InChI is InChI=1S/C20H18F4N2O4S/c1-4-19(28,11-31(29,30)17-8-5-13(21)9-12(17)2)18(27)26-14-6-7-16(25-3)15(10-14)20(22,23)24/h5-10,28H,4,11H2,1-2H3,(H,26,27)/i6D,7D,10D. The molecule has 0 fully saturated rings. The molecule has 0 aliphatic carbocycles. The van der Waals surface area contributed by atoms with E-state index in [0.717, 1.165) is 18.2 Å². The van der Waals surface area contributed by atoms with Gasteiger partial charge >= 0.3 is 6.18 Å². The minimum Gasteiger partial charge on any atom is -0.379 e. The van der Waals surface area contributed by atoms with E-state index in [1.54, 1.807) is 5.32 Å². The summed E-state index contributed by atoms with van der Waals surface area (Å²) < 4.78 is 103. The molecule has 11 heteroatoms. The molecule has 2 aromatic carbocycles. The van der Waals surface area contributed by atoms with Gasteiger partial charge < -0.3 is 10.4 Å². The van der Waals surface area contributed by atoms with Crippen LogP contribution in [0.5, 0.6) is 0 Å². The van der Waals surface area contributed by atoms with Gasteiger partial charge in [0.15, 0.2) is 21.1 Å². The molecule has 0 saturated heterocycles. The van der Waals surface area contributed by atoms with Crippen molar-refractivity contribution in [2.45, 2.75) is 36.9 Å². The first-order valence-corrected chi connectivity index (χ1v) is 10.3. The minimum atomic E-state index is -5.27. The quantitative estimate of drug-likeness (QED) is 0.382. The van der Waals surface area contributed by atoms with Gasteiger partial charge in [-0.3, -0.25) is 4.79 Å². The summed E-state index contributed by atoms with van der Waals surface area (Å²) in [5.74, 6) is -3.50. The molecular formula is C20H18F4N2O4S. The number of nitrogens with zero attached hydrogens (tertiary/aromatic N) is 1. The predicted molar refractivity (Wildman–Crippen MR) is 105 cm³/mol. The van der Waals surface area contributed by atoms with E-state index in [-0.39, 0.29) is 10.5 Å². The normalized spacial score (nSPS) is 15.2. The van der Waals surface area contributed by atoms with Crippen molar-refractivity contribution in [3.8, 4) is 0 Å². The number of carbonyl (C=O) groups excluding carboxylic acids is 1. The number of halogens is 4. The number of nitrogens with one attached hydrogen (secondary N) is 1. The molecule has 0 spiro atoms. The maximum Gasteiger partial charge on any atom is 0.407 e. The van der Waals surface area contributed by atoms with E-state index in [9.17, 15) is 35.9 Å². The third-order valence-electron chi connectivity index (χ3n) is 4.33. The lowest BCUT2D eigenvalue weighted by molar-refractivity contribution is -0.137. The maximum atomic E-state index is 13.4. The van der Waals surface area contributed by atoms with Crippen molar-refractivity contribution in [1.82, 2.24) is 0 Å². The fourth-order valence-corrected chi connectivity index (χ4v) is 4.61. The summed E-state index contributed by atoms with van der Waals surface area (Å²) in [6.07, 6.45) is -5.82. The fraction of sp³-hybridized carbons (Fsp3) is 0.300. The summed E-state index contributed by atoms with van der Waals surface area (Å²) in [7, 11) is -4.41. The Bertz CT molecular complexity index is 1310. The van der Waals surface area contributed by atoms with Gasteiger partial charge in [0.25, 0.3) is 5.91 Å². The van der Waals surface area contributed by atoms with Crippen molar-refractivity contribution in [1.29, 1.82) is 0 Å². The molecule has 0 aliphatic heterocycles. The highest BCUT2D eigenvalue weighted by molar-refractivity contribution is 7.91. The minimum absolute atomic E-state index is 0.0100. The number of alkyl halides is 3. The Hall–Kier alpha value is -2.97. The molecule has 31 heavy (non-hydrogen) atoms. The first-order valence-electron chi connectivity index (χ1n) is 10.1. The molecule has 0 bridgehead atoms. The molecule has 1 amide bonds. The summed E-state index contributed by atoms with van der Waals surface area (Å²) >= 11 is 0. The van der Waals surface area contributed by atoms with Gasteiger partial charge in [0.05, 0.1) is 25.5 Å². The van der Waals surface area contributed by atoms with E-state index in [1.807, 2.05) is 0 Å². The lowest BCUT2D eigenvalue weighted by Gasteiger charge is -2.26. The number of aryl methyl sites for hydroxylation is 1. The summed E-state index contributed by atoms with van der Waals surface area (Å²) in [4.78, 5) is 15.0. The predicted octanol–water partition coefficient (Wildman–Crippen LogP) is 4.26. The number of aliphatic hydroxyl groups is 1. The van der Waals surface area contributed by atoms with Gasteiger partial charge in [-0.2, -0.15) is 13.2 Å². The average Bonchev–Trinajstić information content (AvgIpc) is 2.71. The Morgan fingerprint density at radius 3 is 2.48 bits per heavy atom. The highest BCUT2D eigenvalue weighted by Crippen LogP contribution is 2.38. The lowest BCUT2D eigenvalue weighted by Crippen LogP contribution is -2.48. The number of carbonyl (C=O) groups is 1. The van der Waals surface area contributed by atoms with E-state index in [2.05, 4.69) is 4.85 Å². The fourth-order valence-electron chi connectivity index (χ4n) is 2.66. The molecule has 2 rings (SSSR count). The highest BCUT2D eigenvalue weighted by Gasteiger charge is 2.40. The van der Waals surface area contributed by atoms with Crippen molar-refractivity contribution in [2.24, 2.45) is 0 Å². The van der Waals surface area contributed by atoms with Crippen LogP contribution in [0.25, 0.3) is 4.85 Å². The summed E-state index contributed by atoms with van der Waals surface area (Å²) in [5, 5.41) is 12.5. The van der Waals surface area contributed by atoms with Gasteiger partial charge in [-0.15, -0.1) is 0 Å². The third-order valence-corrected chi connectivity index (χ3v) is 6.32. The molecule has 166 valence electrons. The molecule has 2 N–H and O–H groups in total. The van der Waals surface area contributed by atoms with Crippen LogP contribution in [0.2, 0.25) is 0 Å². The zero-order valence-electron chi connectivity index (χ0n) is 19.2. The summed E-state index contributed by atoms with van der Waals surface area (Å²) in [5.41, 5.74) is -7.01. The van der Waals surface area contributed by atoms with Crippen LogP contribution in [-0.2, 0) is 20.8 Å². The molecule has 0 aliphatic rings. The number of hydrogen-bond acceptors (Lipinski definition) is 4. The van der Waals surface area contributed by atoms with E-state index in [1.165, 1.54) is 13.8 Å². The van der Waals surface area contributed by atoms with Crippen molar-refractivity contribution < 1.29 is 40.0 Å². The molecule has 0 aromatic heterocycles. The van der Waals surface area contributed by atoms with Gasteiger partial charge in [-0.1, -0.05) is 13.0 Å². The van der Waals surface area contributed by atoms with Crippen LogP contribution in [0.15, 0.2) is 41.2 Å². The van der Waals surface area contributed by atoms with E-state index >= 15 is 0 Å². The topological polar surface area (TPSA) is 87.8 Å². The van der Waals surface area contributed by atoms with Crippen molar-refractivity contribution in [2.75, 3.05) is 11.1 Å². The number of hydrogen-bond donors (Lipinski definition) is 2. The average molecular weight is 461 g/mol. The molecule has 6 nitrogen and oxygen atoms in total. The van der Waals surface area contributed by atoms with Crippen molar-refractivity contribution >= 4 is 27.1 Å². The van der Waals surface area contributed by atoms with Gasteiger partial charge in [0.2, 0.25) is 0 Å². The molecular weight excluding hydrogens is 440 g/mol. The van der Waals surface area contributed by atoms with Gasteiger partial charge in [-0.25, -0.2) is 17.7 Å². The number of anilines is 1. The smallest absolute Gasteiger partial charge is 0.379 e.